The first-order valence-corrected chi connectivity index (χ1v) is 7.15. The third kappa shape index (κ3) is 2.29. The number of imidazole rings is 1. The first-order valence-electron chi connectivity index (χ1n) is 6.36. The van der Waals surface area contributed by atoms with E-state index in [-0.39, 0.29) is 0 Å². The molecule has 0 radical (unpaired) electrons. The lowest BCUT2D eigenvalue weighted by molar-refractivity contribution is 0.750. The first-order chi connectivity index (χ1) is 8.78. The molecule has 1 aliphatic rings. The highest BCUT2D eigenvalue weighted by atomic mass is 79.9. The number of nitrogens with one attached hydrogen (secondary N) is 1. The van der Waals surface area contributed by atoms with Crippen LogP contribution < -0.4 is 5.32 Å². The molecule has 3 rings (SSSR count). The molecule has 0 aliphatic heterocycles. The summed E-state index contributed by atoms with van der Waals surface area (Å²) in [6.07, 6.45) is 7.47. The van der Waals surface area contributed by atoms with Crippen LogP contribution in [0.4, 0.5) is 11.6 Å². The normalized spacial score (nSPS) is 14.8. The Morgan fingerprint density at radius 3 is 3.00 bits per heavy atom. The van der Waals surface area contributed by atoms with Gasteiger partial charge in [-0.15, -0.1) is 0 Å². The molecular weight excluding hydrogens is 290 g/mol. The number of aryl methyl sites for hydroxylation is 1. The predicted octanol–water partition coefficient (Wildman–Crippen LogP) is 4.29. The molecule has 4 heteroatoms. The zero-order valence-corrected chi connectivity index (χ0v) is 11.9. The Bertz CT molecular complexity index is 558. The standard InChI is InChI=1S/C14H16BrN3/c1-2-10-9-11(15)3-6-13(10)17-14-16-7-8-18(14)12-4-5-12/h3,6-9,12H,2,4-5H2,1H3,(H,16,17). The van der Waals surface area contributed by atoms with Gasteiger partial charge in [0.05, 0.1) is 0 Å². The van der Waals surface area contributed by atoms with Gasteiger partial charge in [-0.2, -0.15) is 0 Å². The Balaban J connectivity index is 1.89. The van der Waals surface area contributed by atoms with Crippen LogP contribution in [0.3, 0.4) is 0 Å². The SMILES string of the molecule is CCc1cc(Br)ccc1Nc1nccn1C1CC1. The van der Waals surface area contributed by atoms with Crippen LogP contribution in [-0.2, 0) is 6.42 Å². The van der Waals surface area contributed by atoms with Crippen molar-refractivity contribution >= 4 is 27.6 Å². The molecule has 0 spiro atoms. The highest BCUT2D eigenvalue weighted by Gasteiger charge is 2.25. The molecule has 1 fully saturated rings. The Labute approximate surface area is 115 Å². The molecule has 0 atom stereocenters. The largest absolute Gasteiger partial charge is 0.325 e. The second kappa shape index (κ2) is 4.76. The number of benzene rings is 1. The van der Waals surface area contributed by atoms with E-state index in [0.29, 0.717) is 6.04 Å². The Morgan fingerprint density at radius 1 is 1.44 bits per heavy atom. The molecule has 1 aromatic heterocycles. The van der Waals surface area contributed by atoms with Gasteiger partial charge in [0.15, 0.2) is 0 Å². The zero-order chi connectivity index (χ0) is 12.5. The van der Waals surface area contributed by atoms with Crippen molar-refractivity contribution in [3.63, 3.8) is 0 Å². The van der Waals surface area contributed by atoms with Gasteiger partial charge < -0.3 is 9.88 Å². The maximum atomic E-state index is 4.41. The van der Waals surface area contributed by atoms with Crippen LogP contribution in [-0.4, -0.2) is 9.55 Å². The molecular formula is C14H16BrN3. The van der Waals surface area contributed by atoms with E-state index in [1.807, 2.05) is 6.20 Å². The molecule has 0 amide bonds. The van der Waals surface area contributed by atoms with Gasteiger partial charge in [0.25, 0.3) is 0 Å². The minimum atomic E-state index is 0.649. The van der Waals surface area contributed by atoms with E-state index in [4.69, 9.17) is 0 Å². The molecule has 0 bridgehead atoms. The van der Waals surface area contributed by atoms with Crippen LogP contribution in [0.2, 0.25) is 0 Å². The van der Waals surface area contributed by atoms with Crippen LogP contribution in [0, 0.1) is 0 Å². The van der Waals surface area contributed by atoms with Crippen LogP contribution in [0.15, 0.2) is 35.1 Å². The lowest BCUT2D eigenvalue weighted by Crippen LogP contribution is -2.03. The molecule has 0 unspecified atom stereocenters. The van der Waals surface area contributed by atoms with Crippen LogP contribution >= 0.6 is 15.9 Å². The van der Waals surface area contributed by atoms with E-state index in [0.717, 1.165) is 22.5 Å². The molecule has 1 aliphatic carbocycles. The highest BCUT2D eigenvalue weighted by molar-refractivity contribution is 9.10. The van der Waals surface area contributed by atoms with E-state index in [1.165, 1.54) is 18.4 Å². The average molecular weight is 306 g/mol. The average Bonchev–Trinajstić information content (AvgIpc) is 3.12. The topological polar surface area (TPSA) is 29.9 Å². The van der Waals surface area contributed by atoms with Gasteiger partial charge in [0.1, 0.15) is 0 Å². The maximum Gasteiger partial charge on any atom is 0.207 e. The molecule has 3 nitrogen and oxygen atoms in total. The summed E-state index contributed by atoms with van der Waals surface area (Å²) in [5.74, 6) is 0.953. The van der Waals surface area contributed by atoms with Crippen molar-refractivity contribution in [1.29, 1.82) is 0 Å². The molecule has 0 saturated heterocycles. The molecule has 1 saturated carbocycles. The van der Waals surface area contributed by atoms with Gasteiger partial charge >= 0.3 is 0 Å². The van der Waals surface area contributed by atoms with Gasteiger partial charge in [-0.05, 0) is 43.0 Å². The zero-order valence-electron chi connectivity index (χ0n) is 10.4. The molecule has 1 N–H and O–H groups in total. The highest BCUT2D eigenvalue weighted by Crippen LogP contribution is 2.37. The van der Waals surface area contributed by atoms with E-state index in [2.05, 4.69) is 62.1 Å². The van der Waals surface area contributed by atoms with Crippen molar-refractivity contribution in [3.05, 3.63) is 40.6 Å². The van der Waals surface area contributed by atoms with Crippen molar-refractivity contribution in [3.8, 4) is 0 Å². The number of rotatable bonds is 4. The van der Waals surface area contributed by atoms with Gasteiger partial charge in [0, 0.05) is 28.6 Å². The Morgan fingerprint density at radius 2 is 2.28 bits per heavy atom. The number of aromatic nitrogens is 2. The lowest BCUT2D eigenvalue weighted by atomic mass is 10.1. The molecule has 2 aromatic rings. The number of hydrogen-bond donors (Lipinski definition) is 1. The first kappa shape index (κ1) is 11.8. The smallest absolute Gasteiger partial charge is 0.207 e. The predicted molar refractivity (Wildman–Crippen MR) is 77.3 cm³/mol. The van der Waals surface area contributed by atoms with Gasteiger partial charge in [-0.1, -0.05) is 22.9 Å². The lowest BCUT2D eigenvalue weighted by Gasteiger charge is -2.12. The quantitative estimate of drug-likeness (QED) is 0.913. The minimum absolute atomic E-state index is 0.649. The second-order valence-electron chi connectivity index (χ2n) is 4.67. The summed E-state index contributed by atoms with van der Waals surface area (Å²) in [6.45, 7) is 2.17. The van der Waals surface area contributed by atoms with Crippen molar-refractivity contribution in [2.75, 3.05) is 5.32 Å². The van der Waals surface area contributed by atoms with Gasteiger partial charge in [-0.25, -0.2) is 4.98 Å². The fourth-order valence-corrected chi connectivity index (χ4v) is 2.56. The molecule has 18 heavy (non-hydrogen) atoms. The van der Waals surface area contributed by atoms with Crippen LogP contribution in [0.1, 0.15) is 31.4 Å². The van der Waals surface area contributed by atoms with Crippen LogP contribution in [0.25, 0.3) is 0 Å². The summed E-state index contributed by atoms with van der Waals surface area (Å²) in [6, 6.07) is 6.98. The monoisotopic (exact) mass is 305 g/mol. The minimum Gasteiger partial charge on any atom is -0.325 e. The fraction of sp³-hybridized carbons (Fsp3) is 0.357. The number of anilines is 2. The van der Waals surface area contributed by atoms with Crippen molar-refractivity contribution < 1.29 is 0 Å². The van der Waals surface area contributed by atoms with Gasteiger partial charge in [-0.3, -0.25) is 0 Å². The summed E-state index contributed by atoms with van der Waals surface area (Å²) in [5, 5.41) is 3.45. The fourth-order valence-electron chi connectivity index (χ4n) is 2.15. The number of nitrogens with zero attached hydrogens (tertiary/aromatic N) is 2. The summed E-state index contributed by atoms with van der Waals surface area (Å²) >= 11 is 3.51. The Hall–Kier alpha value is -1.29. The third-order valence-corrected chi connectivity index (χ3v) is 3.80. The summed E-state index contributed by atoms with van der Waals surface area (Å²) in [5.41, 5.74) is 2.45. The van der Waals surface area contributed by atoms with E-state index >= 15 is 0 Å². The summed E-state index contributed by atoms with van der Waals surface area (Å²) < 4.78 is 3.36. The molecule has 1 heterocycles. The number of hydrogen-bond acceptors (Lipinski definition) is 2. The second-order valence-corrected chi connectivity index (χ2v) is 5.58. The van der Waals surface area contributed by atoms with E-state index in [1.54, 1.807) is 0 Å². The molecule has 1 aromatic carbocycles. The van der Waals surface area contributed by atoms with Crippen LogP contribution in [0.5, 0.6) is 0 Å². The van der Waals surface area contributed by atoms with Gasteiger partial charge in [0.2, 0.25) is 5.95 Å². The number of halogens is 1. The van der Waals surface area contributed by atoms with E-state index < -0.39 is 0 Å². The summed E-state index contributed by atoms with van der Waals surface area (Å²) in [7, 11) is 0. The van der Waals surface area contributed by atoms with Crippen molar-refractivity contribution in [2.24, 2.45) is 0 Å². The summed E-state index contributed by atoms with van der Waals surface area (Å²) in [4.78, 5) is 4.41. The van der Waals surface area contributed by atoms with Crippen molar-refractivity contribution in [2.45, 2.75) is 32.2 Å². The van der Waals surface area contributed by atoms with Crippen molar-refractivity contribution in [1.82, 2.24) is 9.55 Å². The maximum absolute atomic E-state index is 4.41. The Kier molecular flexibility index (Phi) is 3.12. The van der Waals surface area contributed by atoms with E-state index in [9.17, 15) is 0 Å². The molecule has 94 valence electrons. The third-order valence-electron chi connectivity index (χ3n) is 3.30.